The summed E-state index contributed by atoms with van der Waals surface area (Å²) in [4.78, 5) is 16.2. The van der Waals surface area contributed by atoms with Crippen molar-refractivity contribution in [1.82, 2.24) is 19.3 Å². The number of hydrogen-bond donors (Lipinski definition) is 0. The number of unbranched alkanes of at least 4 members (excludes halogenated alkanes) is 1. The van der Waals surface area contributed by atoms with Crippen molar-refractivity contribution in [3.8, 4) is 0 Å². The van der Waals surface area contributed by atoms with Crippen LogP contribution in [-0.2, 0) is 13.6 Å². The van der Waals surface area contributed by atoms with Gasteiger partial charge in [0, 0.05) is 18.9 Å². The molecule has 0 spiro atoms. The van der Waals surface area contributed by atoms with Gasteiger partial charge >= 0.3 is 0 Å². The third-order valence-electron chi connectivity index (χ3n) is 2.50. The van der Waals surface area contributed by atoms with Gasteiger partial charge in [-0.05, 0) is 12.8 Å². The van der Waals surface area contributed by atoms with Crippen molar-refractivity contribution in [3.05, 3.63) is 22.9 Å². The van der Waals surface area contributed by atoms with Crippen LogP contribution in [0.2, 0.25) is 0 Å². The number of nitrogens with zero attached hydrogens (tertiary/aromatic N) is 4. The molecule has 0 aromatic carbocycles. The minimum absolute atomic E-state index is 0.00678. The standard InChI is InChI=1S/C10H13BrN4O/c1-14-9-8(6-13-14)10(16)15(7-12-9)5-3-2-4-11/h6-7H,2-5H2,1H3. The molecule has 6 heteroatoms. The van der Waals surface area contributed by atoms with Gasteiger partial charge in [-0.1, -0.05) is 15.9 Å². The van der Waals surface area contributed by atoms with Gasteiger partial charge in [-0.2, -0.15) is 5.10 Å². The predicted octanol–water partition coefficient (Wildman–Crippen LogP) is 1.31. The molecule has 0 bridgehead atoms. The highest BCUT2D eigenvalue weighted by Gasteiger charge is 2.07. The molecule has 0 aliphatic carbocycles. The second-order valence-corrected chi connectivity index (χ2v) is 4.44. The van der Waals surface area contributed by atoms with Gasteiger partial charge in [-0.15, -0.1) is 0 Å². The highest BCUT2D eigenvalue weighted by molar-refractivity contribution is 9.09. The van der Waals surface area contributed by atoms with Gasteiger partial charge in [0.25, 0.3) is 5.56 Å². The minimum atomic E-state index is -0.00678. The van der Waals surface area contributed by atoms with Crippen molar-refractivity contribution in [1.29, 1.82) is 0 Å². The van der Waals surface area contributed by atoms with Crippen molar-refractivity contribution < 1.29 is 0 Å². The van der Waals surface area contributed by atoms with Crippen LogP contribution in [0.25, 0.3) is 11.0 Å². The molecule has 0 aliphatic heterocycles. The largest absolute Gasteiger partial charge is 0.299 e. The van der Waals surface area contributed by atoms with Gasteiger partial charge in [-0.25, -0.2) is 4.98 Å². The van der Waals surface area contributed by atoms with Crippen molar-refractivity contribution in [3.63, 3.8) is 0 Å². The van der Waals surface area contributed by atoms with Crippen molar-refractivity contribution >= 4 is 27.0 Å². The van der Waals surface area contributed by atoms with Crippen LogP contribution < -0.4 is 5.56 Å². The average Bonchev–Trinajstić information content (AvgIpc) is 2.65. The van der Waals surface area contributed by atoms with E-state index in [1.54, 1.807) is 28.8 Å². The zero-order chi connectivity index (χ0) is 11.5. The molecule has 0 saturated heterocycles. The molecular weight excluding hydrogens is 272 g/mol. The summed E-state index contributed by atoms with van der Waals surface area (Å²) in [6, 6.07) is 0. The normalized spacial score (nSPS) is 11.1. The van der Waals surface area contributed by atoms with Gasteiger partial charge < -0.3 is 0 Å². The molecule has 0 amide bonds. The van der Waals surface area contributed by atoms with E-state index in [1.807, 2.05) is 0 Å². The van der Waals surface area contributed by atoms with Gasteiger partial charge in [0.1, 0.15) is 5.39 Å². The van der Waals surface area contributed by atoms with Crippen LogP contribution in [0.4, 0.5) is 0 Å². The van der Waals surface area contributed by atoms with Crippen LogP contribution in [0.5, 0.6) is 0 Å². The number of aromatic nitrogens is 4. The van der Waals surface area contributed by atoms with E-state index in [-0.39, 0.29) is 5.56 Å². The zero-order valence-electron chi connectivity index (χ0n) is 9.06. The number of halogens is 1. The minimum Gasteiger partial charge on any atom is -0.299 e. The number of rotatable bonds is 4. The fourth-order valence-electron chi connectivity index (χ4n) is 1.60. The Kier molecular flexibility index (Phi) is 3.38. The Morgan fingerprint density at radius 3 is 3.00 bits per heavy atom. The van der Waals surface area contributed by atoms with Crippen molar-refractivity contribution in [2.24, 2.45) is 7.05 Å². The Bertz CT molecular complexity index is 545. The van der Waals surface area contributed by atoms with Crippen LogP contribution in [0.1, 0.15) is 12.8 Å². The van der Waals surface area contributed by atoms with E-state index in [0.29, 0.717) is 17.6 Å². The number of aryl methyl sites for hydroxylation is 2. The summed E-state index contributed by atoms with van der Waals surface area (Å²) >= 11 is 3.37. The molecule has 86 valence electrons. The molecule has 0 unspecified atom stereocenters. The van der Waals surface area contributed by atoms with Crippen LogP contribution >= 0.6 is 15.9 Å². The average molecular weight is 285 g/mol. The molecule has 0 N–H and O–H groups in total. The summed E-state index contributed by atoms with van der Waals surface area (Å²) in [7, 11) is 1.78. The molecule has 2 aromatic rings. The van der Waals surface area contributed by atoms with E-state index in [4.69, 9.17) is 0 Å². The summed E-state index contributed by atoms with van der Waals surface area (Å²) in [5, 5.41) is 5.58. The Hall–Kier alpha value is -1.17. The molecular formula is C10H13BrN4O. The Morgan fingerprint density at radius 1 is 1.44 bits per heavy atom. The van der Waals surface area contributed by atoms with E-state index in [9.17, 15) is 4.79 Å². The molecule has 0 saturated carbocycles. The summed E-state index contributed by atoms with van der Waals surface area (Å²) in [5.74, 6) is 0. The first-order valence-electron chi connectivity index (χ1n) is 5.17. The molecule has 0 aliphatic rings. The van der Waals surface area contributed by atoms with Gasteiger partial charge in [-0.3, -0.25) is 14.0 Å². The van der Waals surface area contributed by atoms with E-state index in [2.05, 4.69) is 26.0 Å². The maximum absolute atomic E-state index is 12.0. The first kappa shape index (κ1) is 11.3. The third-order valence-corrected chi connectivity index (χ3v) is 3.06. The molecule has 5 nitrogen and oxygen atoms in total. The lowest BCUT2D eigenvalue weighted by atomic mass is 10.3. The van der Waals surface area contributed by atoms with Crippen LogP contribution in [0.15, 0.2) is 17.3 Å². The highest BCUT2D eigenvalue weighted by Crippen LogP contribution is 2.04. The van der Waals surface area contributed by atoms with Gasteiger partial charge in [0.2, 0.25) is 0 Å². The lowest BCUT2D eigenvalue weighted by Gasteiger charge is -2.03. The third kappa shape index (κ3) is 2.02. The van der Waals surface area contributed by atoms with Crippen molar-refractivity contribution in [2.75, 3.05) is 5.33 Å². The molecule has 2 rings (SSSR count). The lowest BCUT2D eigenvalue weighted by Crippen LogP contribution is -2.20. The highest BCUT2D eigenvalue weighted by atomic mass is 79.9. The summed E-state index contributed by atoms with van der Waals surface area (Å²) in [5.41, 5.74) is 0.634. The summed E-state index contributed by atoms with van der Waals surface area (Å²) in [6.07, 6.45) is 5.20. The maximum atomic E-state index is 12.0. The molecule has 0 fully saturated rings. The van der Waals surface area contributed by atoms with Crippen LogP contribution in [-0.4, -0.2) is 24.7 Å². The first-order chi connectivity index (χ1) is 7.74. The molecule has 0 atom stereocenters. The molecule has 2 heterocycles. The number of fused-ring (bicyclic) bond motifs is 1. The lowest BCUT2D eigenvalue weighted by molar-refractivity contribution is 0.611. The smallest absolute Gasteiger partial charge is 0.264 e. The number of hydrogen-bond acceptors (Lipinski definition) is 3. The SMILES string of the molecule is Cn1ncc2c(=O)n(CCCCBr)cnc21. The van der Waals surface area contributed by atoms with Crippen LogP contribution in [0, 0.1) is 0 Å². The summed E-state index contributed by atoms with van der Waals surface area (Å²) in [6.45, 7) is 0.711. The van der Waals surface area contributed by atoms with Crippen LogP contribution in [0.3, 0.4) is 0 Å². The summed E-state index contributed by atoms with van der Waals surface area (Å²) < 4.78 is 3.26. The van der Waals surface area contributed by atoms with Crippen molar-refractivity contribution in [2.45, 2.75) is 19.4 Å². The fraction of sp³-hybridized carbons (Fsp3) is 0.500. The Labute approximate surface area is 101 Å². The van der Waals surface area contributed by atoms with Gasteiger partial charge in [0.05, 0.1) is 12.5 Å². The first-order valence-corrected chi connectivity index (χ1v) is 6.29. The topological polar surface area (TPSA) is 52.7 Å². The molecule has 2 aromatic heterocycles. The molecule has 0 radical (unpaired) electrons. The Morgan fingerprint density at radius 2 is 2.25 bits per heavy atom. The predicted molar refractivity (Wildman–Crippen MR) is 65.8 cm³/mol. The van der Waals surface area contributed by atoms with E-state index in [1.165, 1.54) is 0 Å². The second kappa shape index (κ2) is 4.78. The zero-order valence-corrected chi connectivity index (χ0v) is 10.6. The fourth-order valence-corrected chi connectivity index (χ4v) is 2.00. The molecule has 16 heavy (non-hydrogen) atoms. The monoisotopic (exact) mass is 284 g/mol. The van der Waals surface area contributed by atoms with E-state index in [0.717, 1.165) is 18.2 Å². The quantitative estimate of drug-likeness (QED) is 0.628. The van der Waals surface area contributed by atoms with E-state index < -0.39 is 0 Å². The second-order valence-electron chi connectivity index (χ2n) is 3.64. The van der Waals surface area contributed by atoms with E-state index >= 15 is 0 Å². The van der Waals surface area contributed by atoms with Gasteiger partial charge in [0.15, 0.2) is 5.65 Å². The number of alkyl halides is 1. The maximum Gasteiger partial charge on any atom is 0.264 e. The Balaban J connectivity index is 2.34.